The molecule has 0 aliphatic carbocycles. The van der Waals surface area contributed by atoms with Crippen LogP contribution < -0.4 is 16.0 Å². The Bertz CT molecular complexity index is 868. The fourth-order valence-corrected chi connectivity index (χ4v) is 3.55. The van der Waals surface area contributed by atoms with E-state index in [-0.39, 0.29) is 17.9 Å². The second-order valence-corrected chi connectivity index (χ2v) is 7.22. The van der Waals surface area contributed by atoms with E-state index >= 15 is 0 Å². The van der Waals surface area contributed by atoms with Crippen LogP contribution in [0.3, 0.4) is 0 Å². The van der Waals surface area contributed by atoms with E-state index in [4.69, 9.17) is 4.74 Å². The number of fused-ring (bicyclic) bond motifs is 1. The van der Waals surface area contributed by atoms with Gasteiger partial charge in [-0.25, -0.2) is 19.7 Å². The van der Waals surface area contributed by atoms with E-state index in [2.05, 4.69) is 30.9 Å². The van der Waals surface area contributed by atoms with E-state index in [1.54, 1.807) is 13.8 Å². The molecule has 3 N–H and O–H groups in total. The summed E-state index contributed by atoms with van der Waals surface area (Å²) in [5, 5.41) is 9.60. The van der Waals surface area contributed by atoms with Gasteiger partial charge in [0, 0.05) is 0 Å². The van der Waals surface area contributed by atoms with Gasteiger partial charge in [-0.2, -0.15) is 0 Å². The third-order valence-corrected chi connectivity index (χ3v) is 5.42. The fourth-order valence-electron chi connectivity index (χ4n) is 2.70. The number of esters is 1. The number of hydrogen-bond acceptors (Lipinski definition) is 9. The summed E-state index contributed by atoms with van der Waals surface area (Å²) in [7, 11) is 0. The molecule has 0 aromatic carbocycles. The quantitative estimate of drug-likeness (QED) is 0.644. The van der Waals surface area contributed by atoms with E-state index < -0.39 is 5.97 Å². The molecule has 144 valence electrons. The molecule has 1 aliphatic heterocycles. The minimum Gasteiger partial charge on any atom is -0.462 e. The zero-order valence-electron chi connectivity index (χ0n) is 15.6. The van der Waals surface area contributed by atoms with Crippen molar-refractivity contribution >= 4 is 45.7 Å². The predicted octanol–water partition coefficient (Wildman–Crippen LogP) is 2.94. The summed E-state index contributed by atoms with van der Waals surface area (Å²) >= 11 is 1.17. The SMILES string of the molecule is CCOC(=O)c1sc(Nc2ncnc3c2NC(=O)C(C(C)CC)N3)nc1C. The second-order valence-electron chi connectivity index (χ2n) is 6.22. The van der Waals surface area contributed by atoms with Gasteiger partial charge < -0.3 is 20.7 Å². The zero-order chi connectivity index (χ0) is 19.6. The molecule has 10 heteroatoms. The van der Waals surface area contributed by atoms with Gasteiger partial charge in [0.05, 0.1) is 12.3 Å². The first-order chi connectivity index (χ1) is 12.9. The number of aromatic nitrogens is 3. The van der Waals surface area contributed by atoms with Crippen LogP contribution in [0.4, 0.5) is 22.5 Å². The lowest BCUT2D eigenvalue weighted by molar-refractivity contribution is -0.118. The summed E-state index contributed by atoms with van der Waals surface area (Å²) in [6.45, 7) is 7.84. The first-order valence-electron chi connectivity index (χ1n) is 8.78. The van der Waals surface area contributed by atoms with Gasteiger partial charge in [-0.05, 0) is 19.8 Å². The molecule has 2 atom stereocenters. The summed E-state index contributed by atoms with van der Waals surface area (Å²) < 4.78 is 5.03. The van der Waals surface area contributed by atoms with Gasteiger partial charge >= 0.3 is 5.97 Å². The highest BCUT2D eigenvalue weighted by Gasteiger charge is 2.32. The van der Waals surface area contributed by atoms with Crippen molar-refractivity contribution in [1.29, 1.82) is 0 Å². The van der Waals surface area contributed by atoms with Crippen molar-refractivity contribution in [3.8, 4) is 0 Å². The van der Waals surface area contributed by atoms with Crippen molar-refractivity contribution in [2.45, 2.75) is 40.2 Å². The summed E-state index contributed by atoms with van der Waals surface area (Å²) in [6, 6.07) is -0.345. The lowest BCUT2D eigenvalue weighted by atomic mass is 9.97. The predicted molar refractivity (Wildman–Crippen MR) is 104 cm³/mol. The van der Waals surface area contributed by atoms with Gasteiger partial charge in [-0.3, -0.25) is 4.79 Å². The maximum Gasteiger partial charge on any atom is 0.350 e. The molecule has 3 rings (SSSR count). The topological polar surface area (TPSA) is 118 Å². The van der Waals surface area contributed by atoms with Gasteiger partial charge in [-0.15, -0.1) is 0 Å². The number of rotatable bonds is 6. The van der Waals surface area contributed by atoms with Crippen LogP contribution in [-0.2, 0) is 9.53 Å². The average Bonchev–Trinajstić information content (AvgIpc) is 3.01. The minimum atomic E-state index is -0.406. The fraction of sp³-hybridized carbons (Fsp3) is 0.471. The Labute approximate surface area is 161 Å². The Morgan fingerprint density at radius 3 is 2.89 bits per heavy atom. The van der Waals surface area contributed by atoms with Crippen LogP contribution in [0.15, 0.2) is 6.33 Å². The standard InChI is InChI=1S/C17H22N6O3S/c1-5-8(3)10-15(24)22-11-13(21-10)18-7-19-14(11)23-17-20-9(4)12(27-17)16(25)26-6-2/h7-8,10H,5-6H2,1-4H3,(H,22,24)(H2,18,19,20,21,23). The lowest BCUT2D eigenvalue weighted by Gasteiger charge is -2.30. The molecule has 0 bridgehead atoms. The molecule has 0 radical (unpaired) electrons. The molecule has 1 amide bonds. The van der Waals surface area contributed by atoms with Gasteiger partial charge in [0.2, 0.25) is 5.91 Å². The van der Waals surface area contributed by atoms with Crippen LogP contribution >= 0.6 is 11.3 Å². The lowest BCUT2D eigenvalue weighted by Crippen LogP contribution is -2.43. The van der Waals surface area contributed by atoms with Gasteiger partial charge in [-0.1, -0.05) is 31.6 Å². The molecule has 0 saturated carbocycles. The van der Waals surface area contributed by atoms with Crippen LogP contribution in [0.2, 0.25) is 0 Å². The number of carbonyl (C=O) groups is 2. The number of nitrogens with one attached hydrogen (secondary N) is 3. The zero-order valence-corrected chi connectivity index (χ0v) is 16.4. The summed E-state index contributed by atoms with van der Waals surface area (Å²) in [5.41, 5.74) is 1.04. The van der Waals surface area contributed by atoms with Crippen molar-refractivity contribution in [2.75, 3.05) is 22.6 Å². The first kappa shape index (κ1) is 19.0. The largest absolute Gasteiger partial charge is 0.462 e. The maximum atomic E-state index is 12.5. The van der Waals surface area contributed by atoms with Gasteiger partial charge in [0.25, 0.3) is 0 Å². The van der Waals surface area contributed by atoms with Crippen molar-refractivity contribution in [2.24, 2.45) is 5.92 Å². The first-order valence-corrected chi connectivity index (χ1v) is 9.60. The Hall–Kier alpha value is -2.75. The number of amides is 1. The van der Waals surface area contributed by atoms with Crippen LogP contribution in [0.5, 0.6) is 0 Å². The number of aryl methyl sites for hydroxylation is 1. The van der Waals surface area contributed by atoms with E-state index in [0.29, 0.717) is 39.6 Å². The normalized spacial score (nSPS) is 16.7. The van der Waals surface area contributed by atoms with Gasteiger partial charge in [0.15, 0.2) is 16.8 Å². The maximum absolute atomic E-state index is 12.5. The summed E-state index contributed by atoms with van der Waals surface area (Å²) in [5.74, 6) is 0.594. The van der Waals surface area contributed by atoms with Crippen molar-refractivity contribution in [3.05, 3.63) is 16.9 Å². The molecule has 0 fully saturated rings. The number of nitrogens with zero attached hydrogens (tertiary/aromatic N) is 3. The molecule has 9 nitrogen and oxygen atoms in total. The van der Waals surface area contributed by atoms with Crippen molar-refractivity contribution in [1.82, 2.24) is 15.0 Å². The molecule has 0 spiro atoms. The van der Waals surface area contributed by atoms with Crippen molar-refractivity contribution < 1.29 is 14.3 Å². The highest BCUT2D eigenvalue weighted by atomic mass is 32.1. The number of hydrogen-bond donors (Lipinski definition) is 3. The monoisotopic (exact) mass is 390 g/mol. The Morgan fingerprint density at radius 2 is 2.19 bits per heavy atom. The molecular weight excluding hydrogens is 368 g/mol. The summed E-state index contributed by atoms with van der Waals surface area (Å²) in [6.07, 6.45) is 2.28. The molecule has 0 saturated heterocycles. The molecule has 27 heavy (non-hydrogen) atoms. The number of thiazole rings is 1. The molecular formula is C17H22N6O3S. The molecule has 2 aromatic heterocycles. The molecule has 2 unspecified atom stereocenters. The van der Waals surface area contributed by atoms with Crippen molar-refractivity contribution in [3.63, 3.8) is 0 Å². The third kappa shape index (κ3) is 3.85. The van der Waals surface area contributed by atoms with E-state index in [1.165, 1.54) is 17.7 Å². The highest BCUT2D eigenvalue weighted by Crippen LogP contribution is 2.35. The Morgan fingerprint density at radius 1 is 1.41 bits per heavy atom. The minimum absolute atomic E-state index is 0.128. The van der Waals surface area contributed by atoms with Crippen LogP contribution in [0.25, 0.3) is 0 Å². The van der Waals surface area contributed by atoms with E-state index in [9.17, 15) is 9.59 Å². The third-order valence-electron chi connectivity index (χ3n) is 4.37. The Kier molecular flexibility index (Phi) is 5.54. The van der Waals surface area contributed by atoms with E-state index in [0.717, 1.165) is 6.42 Å². The smallest absolute Gasteiger partial charge is 0.350 e. The molecule has 3 heterocycles. The number of anilines is 4. The molecule has 2 aromatic rings. The summed E-state index contributed by atoms with van der Waals surface area (Å²) in [4.78, 5) is 37.6. The molecule has 1 aliphatic rings. The Balaban J connectivity index is 1.85. The van der Waals surface area contributed by atoms with E-state index in [1.807, 2.05) is 13.8 Å². The van der Waals surface area contributed by atoms with Gasteiger partial charge in [0.1, 0.15) is 22.9 Å². The van der Waals surface area contributed by atoms with Crippen LogP contribution in [0, 0.1) is 12.8 Å². The average molecular weight is 390 g/mol. The number of carbonyl (C=O) groups excluding carboxylic acids is 2. The van der Waals surface area contributed by atoms with Crippen LogP contribution in [-0.4, -0.2) is 39.5 Å². The highest BCUT2D eigenvalue weighted by molar-refractivity contribution is 7.17. The second kappa shape index (κ2) is 7.87. The van der Waals surface area contributed by atoms with Crippen LogP contribution in [0.1, 0.15) is 42.6 Å². The number of ether oxygens (including phenoxy) is 1.